The Balaban J connectivity index is 2.09. The van der Waals surface area contributed by atoms with Gasteiger partial charge in [-0.15, -0.1) is 0 Å². The second-order valence-electron chi connectivity index (χ2n) is 4.21. The molecule has 0 aliphatic carbocycles. The lowest BCUT2D eigenvalue weighted by molar-refractivity contribution is -0.146. The summed E-state index contributed by atoms with van der Waals surface area (Å²) in [4.78, 5) is 28.5. The highest BCUT2D eigenvalue weighted by Crippen LogP contribution is 2.17. The summed E-state index contributed by atoms with van der Waals surface area (Å²) in [5.74, 6) is -0.283. The van der Waals surface area contributed by atoms with Gasteiger partial charge in [0.15, 0.2) is 0 Å². The zero-order valence-corrected chi connectivity index (χ0v) is 9.93. The molecule has 90 valence electrons. The Labute approximate surface area is 99.8 Å². The topological polar surface area (TPSA) is 62.3 Å². The van der Waals surface area contributed by atoms with Crippen LogP contribution in [0.2, 0.25) is 0 Å². The number of hydrogen-bond acceptors (Lipinski definition) is 4. The Morgan fingerprint density at radius 1 is 1.47 bits per heavy atom. The number of aromatic nitrogens is 1. The third-order valence-electron chi connectivity index (χ3n) is 2.89. The van der Waals surface area contributed by atoms with Crippen LogP contribution in [-0.2, 0) is 9.59 Å². The molecule has 1 N–H and O–H groups in total. The molecule has 1 saturated heterocycles. The zero-order chi connectivity index (χ0) is 12.4. The lowest BCUT2D eigenvalue weighted by Crippen LogP contribution is -2.48. The van der Waals surface area contributed by atoms with Crippen molar-refractivity contribution in [3.8, 4) is 0 Å². The van der Waals surface area contributed by atoms with E-state index >= 15 is 0 Å². The molecule has 1 unspecified atom stereocenters. The van der Waals surface area contributed by atoms with E-state index in [0.717, 1.165) is 11.4 Å². The van der Waals surface area contributed by atoms with Crippen LogP contribution >= 0.6 is 0 Å². The lowest BCUT2D eigenvalue weighted by Gasteiger charge is -2.28. The van der Waals surface area contributed by atoms with Gasteiger partial charge < -0.3 is 5.32 Å². The van der Waals surface area contributed by atoms with Crippen LogP contribution in [0.4, 0.5) is 5.69 Å². The number of rotatable bonds is 2. The van der Waals surface area contributed by atoms with Gasteiger partial charge >= 0.3 is 0 Å². The van der Waals surface area contributed by atoms with Gasteiger partial charge in [0.2, 0.25) is 5.91 Å². The fraction of sp³-hybridized carbons (Fsp3) is 0.417. The van der Waals surface area contributed by atoms with Crippen molar-refractivity contribution >= 4 is 17.5 Å². The molecule has 1 atom stereocenters. The summed E-state index contributed by atoms with van der Waals surface area (Å²) in [6.07, 6.45) is 2.65. The molecule has 5 heteroatoms. The first-order valence-corrected chi connectivity index (χ1v) is 5.57. The molecule has 1 aliphatic heterocycles. The molecule has 1 aromatic heterocycles. The summed E-state index contributed by atoms with van der Waals surface area (Å²) in [6.45, 7) is 1.89. The van der Waals surface area contributed by atoms with E-state index in [9.17, 15) is 9.59 Å². The van der Waals surface area contributed by atoms with E-state index in [1.807, 2.05) is 19.1 Å². The highest BCUT2D eigenvalue weighted by atomic mass is 16.2. The molecular weight excluding hydrogens is 218 g/mol. The van der Waals surface area contributed by atoms with Crippen LogP contribution in [-0.4, -0.2) is 34.8 Å². The normalized spacial score (nSPS) is 20.6. The fourth-order valence-electron chi connectivity index (χ4n) is 1.89. The number of pyridine rings is 1. The maximum absolute atomic E-state index is 11.9. The van der Waals surface area contributed by atoms with Crippen LogP contribution in [0.5, 0.6) is 0 Å². The molecule has 1 aromatic rings. The van der Waals surface area contributed by atoms with Crippen LogP contribution in [0.25, 0.3) is 0 Å². The zero-order valence-electron chi connectivity index (χ0n) is 9.93. The van der Waals surface area contributed by atoms with Crippen molar-refractivity contribution in [3.05, 3.63) is 24.0 Å². The molecule has 0 bridgehead atoms. The van der Waals surface area contributed by atoms with Crippen molar-refractivity contribution in [1.82, 2.24) is 9.88 Å². The smallest absolute Gasteiger partial charge is 0.251 e. The minimum absolute atomic E-state index is 0.112. The van der Waals surface area contributed by atoms with Gasteiger partial charge in [0.05, 0.1) is 0 Å². The number of imide groups is 1. The molecule has 2 heterocycles. The number of anilines is 1. The molecule has 0 radical (unpaired) electrons. The van der Waals surface area contributed by atoms with Crippen LogP contribution in [0.15, 0.2) is 18.3 Å². The molecule has 0 spiro atoms. The number of nitrogens with zero attached hydrogens (tertiary/aromatic N) is 2. The van der Waals surface area contributed by atoms with Gasteiger partial charge in [-0.2, -0.15) is 0 Å². The average molecular weight is 233 g/mol. The first kappa shape index (κ1) is 11.6. The standard InChI is InChI=1S/C12H15N3O2/c1-8-7-9(5-6-13-8)14-10-3-4-11(16)15(2)12(10)17/h5-7,10H,3-4H2,1-2H3,(H,13,14). The molecule has 0 saturated carbocycles. The SMILES string of the molecule is Cc1cc(NC2CCC(=O)N(C)C2=O)ccn1. The lowest BCUT2D eigenvalue weighted by atomic mass is 10.0. The molecule has 5 nitrogen and oxygen atoms in total. The van der Waals surface area contributed by atoms with Crippen molar-refractivity contribution < 1.29 is 9.59 Å². The monoisotopic (exact) mass is 233 g/mol. The first-order valence-electron chi connectivity index (χ1n) is 5.57. The second kappa shape index (κ2) is 4.53. The maximum atomic E-state index is 11.9. The second-order valence-corrected chi connectivity index (χ2v) is 4.21. The van der Waals surface area contributed by atoms with E-state index in [0.29, 0.717) is 12.8 Å². The summed E-state index contributed by atoms with van der Waals surface area (Å²) >= 11 is 0. The van der Waals surface area contributed by atoms with Gasteiger partial charge in [-0.1, -0.05) is 0 Å². The summed E-state index contributed by atoms with van der Waals surface area (Å²) in [5, 5.41) is 3.14. The fourth-order valence-corrected chi connectivity index (χ4v) is 1.89. The first-order chi connectivity index (χ1) is 8.08. The summed E-state index contributed by atoms with van der Waals surface area (Å²) in [6, 6.07) is 3.37. The molecular formula is C12H15N3O2. The number of likely N-dealkylation sites (N-methyl/N-ethyl adjacent to an activating group) is 1. The van der Waals surface area contributed by atoms with Gasteiger partial charge in [-0.25, -0.2) is 0 Å². The van der Waals surface area contributed by atoms with Crippen molar-refractivity contribution in [2.24, 2.45) is 0 Å². The van der Waals surface area contributed by atoms with Gasteiger partial charge in [0.1, 0.15) is 6.04 Å². The van der Waals surface area contributed by atoms with E-state index in [1.165, 1.54) is 11.9 Å². The minimum Gasteiger partial charge on any atom is -0.374 e. The van der Waals surface area contributed by atoms with Crippen LogP contribution in [0, 0.1) is 6.92 Å². The molecule has 2 rings (SSSR count). The van der Waals surface area contributed by atoms with Crippen LogP contribution in [0.1, 0.15) is 18.5 Å². The van der Waals surface area contributed by atoms with E-state index in [4.69, 9.17) is 0 Å². The number of nitrogens with one attached hydrogen (secondary N) is 1. The van der Waals surface area contributed by atoms with Crippen molar-refractivity contribution in [3.63, 3.8) is 0 Å². The summed E-state index contributed by atoms with van der Waals surface area (Å²) < 4.78 is 0. The molecule has 17 heavy (non-hydrogen) atoms. The van der Waals surface area contributed by atoms with Gasteiger partial charge in [0, 0.05) is 31.0 Å². The predicted molar refractivity (Wildman–Crippen MR) is 63.4 cm³/mol. The van der Waals surface area contributed by atoms with Crippen molar-refractivity contribution in [2.75, 3.05) is 12.4 Å². The number of likely N-dealkylation sites (tertiary alicyclic amines) is 1. The maximum Gasteiger partial charge on any atom is 0.251 e. The number of aryl methyl sites for hydroxylation is 1. The molecule has 1 aliphatic rings. The molecule has 1 fully saturated rings. The van der Waals surface area contributed by atoms with E-state index in [-0.39, 0.29) is 17.9 Å². The van der Waals surface area contributed by atoms with Gasteiger partial charge in [0.25, 0.3) is 5.91 Å². The number of carbonyl (C=O) groups is 2. The summed E-state index contributed by atoms with van der Waals surface area (Å²) in [5.41, 5.74) is 1.75. The van der Waals surface area contributed by atoms with E-state index < -0.39 is 0 Å². The number of hydrogen-bond donors (Lipinski definition) is 1. The highest BCUT2D eigenvalue weighted by molar-refractivity contribution is 6.01. The van der Waals surface area contributed by atoms with E-state index in [1.54, 1.807) is 6.20 Å². The minimum atomic E-state index is -0.320. The third-order valence-corrected chi connectivity index (χ3v) is 2.89. The Morgan fingerprint density at radius 2 is 2.24 bits per heavy atom. The van der Waals surface area contributed by atoms with Crippen molar-refractivity contribution in [2.45, 2.75) is 25.8 Å². The van der Waals surface area contributed by atoms with Crippen LogP contribution in [0.3, 0.4) is 0 Å². The third kappa shape index (κ3) is 2.43. The predicted octanol–water partition coefficient (Wildman–Crippen LogP) is 0.949. The Morgan fingerprint density at radius 3 is 2.94 bits per heavy atom. The number of piperidine rings is 1. The van der Waals surface area contributed by atoms with E-state index in [2.05, 4.69) is 10.3 Å². The Bertz CT molecular complexity index is 459. The molecule has 0 aromatic carbocycles. The number of amides is 2. The van der Waals surface area contributed by atoms with Gasteiger partial charge in [-0.3, -0.25) is 19.5 Å². The average Bonchev–Trinajstić information content (AvgIpc) is 2.30. The summed E-state index contributed by atoms with van der Waals surface area (Å²) in [7, 11) is 1.52. The quantitative estimate of drug-likeness (QED) is 0.772. The number of carbonyl (C=O) groups excluding carboxylic acids is 2. The van der Waals surface area contributed by atoms with Crippen molar-refractivity contribution in [1.29, 1.82) is 0 Å². The molecule has 2 amide bonds. The largest absolute Gasteiger partial charge is 0.374 e. The Kier molecular flexibility index (Phi) is 3.08. The van der Waals surface area contributed by atoms with Gasteiger partial charge in [-0.05, 0) is 25.5 Å². The Hall–Kier alpha value is -1.91. The van der Waals surface area contributed by atoms with Crippen LogP contribution < -0.4 is 5.32 Å². The highest BCUT2D eigenvalue weighted by Gasteiger charge is 2.31.